The number of nitrogens with one attached hydrogen (secondary N) is 5. The van der Waals surface area contributed by atoms with Gasteiger partial charge in [-0.3, -0.25) is 29.0 Å². The molecule has 1 fully saturated rings. The minimum atomic E-state index is -1.20. The van der Waals surface area contributed by atoms with E-state index in [1.165, 1.54) is 17.4 Å². The van der Waals surface area contributed by atoms with E-state index in [-0.39, 0.29) is 69.2 Å². The van der Waals surface area contributed by atoms with Crippen LogP contribution in [0.25, 0.3) is 0 Å². The number of thiol groups is 1. The average Bonchev–Trinajstić information content (AvgIpc) is 3.84. The zero-order chi connectivity index (χ0) is 39.8. The highest BCUT2D eigenvalue weighted by Crippen LogP contribution is 2.20. The Labute approximate surface area is 319 Å². The fraction of sp³-hybridized carbons (Fsp3) is 0.543. The van der Waals surface area contributed by atoms with Crippen molar-refractivity contribution in [3.63, 3.8) is 0 Å². The lowest BCUT2D eigenvalue weighted by Gasteiger charge is -2.29. The lowest BCUT2D eigenvalue weighted by atomic mass is 10.0. The quantitative estimate of drug-likeness (QED) is 0.0304. The van der Waals surface area contributed by atoms with Gasteiger partial charge in [0.1, 0.15) is 30.2 Å². The van der Waals surface area contributed by atoms with Crippen molar-refractivity contribution in [2.45, 2.75) is 95.0 Å². The molecule has 0 saturated carbocycles. The molecule has 0 aliphatic carbocycles. The summed E-state index contributed by atoms with van der Waals surface area (Å²) >= 11 is 4.24. The highest BCUT2D eigenvalue weighted by molar-refractivity contribution is 7.80. The molecule has 0 spiro atoms. The number of carbonyl (C=O) groups is 6. The Kier molecular flexibility index (Phi) is 17.2. The Morgan fingerprint density at radius 3 is 2.19 bits per heavy atom. The number of rotatable bonds is 21. The van der Waals surface area contributed by atoms with E-state index in [2.05, 4.69) is 48.9 Å². The SMILES string of the molecule is CC(C)C[C@H](NC(=O)[C@H](CCCN=C(N)N)NC(=O)[C@H](CS)NC(=O)[C@@H](N)Cc1ccccc1)C(=O)N[C@@H](Cc1cnc[nH]1)C(=O)N1CCC[C@H]1C(=O)O. The van der Waals surface area contributed by atoms with Crippen LogP contribution in [0.4, 0.5) is 0 Å². The molecule has 1 aromatic heterocycles. The van der Waals surface area contributed by atoms with Crippen LogP contribution in [0.5, 0.6) is 0 Å². The predicted octanol–water partition coefficient (Wildman–Crippen LogP) is -1.43. The first kappa shape index (κ1) is 43.2. The highest BCUT2D eigenvalue weighted by Gasteiger charge is 2.39. The first-order valence-corrected chi connectivity index (χ1v) is 18.5. The summed E-state index contributed by atoms with van der Waals surface area (Å²) in [4.78, 5) is 91.9. The smallest absolute Gasteiger partial charge is 0.326 e. The maximum atomic E-state index is 13.9. The van der Waals surface area contributed by atoms with E-state index < -0.39 is 71.8 Å². The van der Waals surface area contributed by atoms with Crippen molar-refractivity contribution in [3.05, 3.63) is 54.1 Å². The van der Waals surface area contributed by atoms with Gasteiger partial charge in [0.15, 0.2) is 5.96 Å². The largest absolute Gasteiger partial charge is 0.480 e. The fourth-order valence-electron chi connectivity index (χ4n) is 6.03. The summed E-state index contributed by atoms with van der Waals surface area (Å²) in [6.07, 6.45) is 4.39. The number of carboxylic acids is 1. The van der Waals surface area contributed by atoms with Crippen LogP contribution in [0.15, 0.2) is 47.8 Å². The molecule has 1 aliphatic heterocycles. The van der Waals surface area contributed by atoms with Gasteiger partial charge in [-0.1, -0.05) is 44.2 Å². The van der Waals surface area contributed by atoms with Crippen molar-refractivity contribution < 1.29 is 33.9 Å². The molecular weight excluding hydrogens is 719 g/mol. The van der Waals surface area contributed by atoms with Crippen molar-refractivity contribution in [1.29, 1.82) is 0 Å². The summed E-state index contributed by atoms with van der Waals surface area (Å²) < 4.78 is 0. The molecule has 0 radical (unpaired) electrons. The maximum Gasteiger partial charge on any atom is 0.326 e. The van der Waals surface area contributed by atoms with E-state index >= 15 is 0 Å². The molecule has 1 aliphatic rings. The molecule has 296 valence electrons. The third-order valence-electron chi connectivity index (χ3n) is 8.78. The standard InChI is InChI=1S/C35H53N11O7S/c1-20(2)14-25(31(49)44-26(16-22-17-39-19-41-22)33(51)46-13-7-11-28(46)34(52)53)43-30(48)24(10-6-12-40-35(37)38)42-32(50)27(18-54)45-29(47)23(36)15-21-8-4-3-5-9-21/h3-5,8-9,17,19-20,23-28,54H,6-7,10-16,18,36H2,1-2H3,(H,39,41)(H,42,50)(H,43,48)(H,44,49)(H,45,47)(H,52,53)(H4,37,38,40)/t23-,24-,25-,26-,27-,28-/m0/s1. The van der Waals surface area contributed by atoms with Crippen LogP contribution in [0, 0.1) is 5.92 Å². The second-order valence-electron chi connectivity index (χ2n) is 13.6. The van der Waals surface area contributed by atoms with Gasteiger partial charge in [0.25, 0.3) is 0 Å². The first-order valence-electron chi connectivity index (χ1n) is 17.9. The van der Waals surface area contributed by atoms with Crippen molar-refractivity contribution in [3.8, 4) is 0 Å². The number of hydrogen-bond donors (Lipinski definition) is 10. The highest BCUT2D eigenvalue weighted by atomic mass is 32.1. The van der Waals surface area contributed by atoms with E-state index in [0.29, 0.717) is 12.1 Å². The van der Waals surface area contributed by atoms with Crippen molar-refractivity contribution >= 4 is 54.1 Å². The number of aliphatic carboxylic acids is 1. The van der Waals surface area contributed by atoms with Gasteiger partial charge in [0.05, 0.1) is 12.4 Å². The molecule has 2 aromatic rings. The van der Waals surface area contributed by atoms with E-state index in [9.17, 15) is 33.9 Å². The van der Waals surface area contributed by atoms with Gasteiger partial charge in [0.2, 0.25) is 29.5 Å². The minimum Gasteiger partial charge on any atom is -0.480 e. The number of nitrogens with two attached hydrogens (primary N) is 3. The molecule has 1 saturated heterocycles. The number of aliphatic imine (C=N–C) groups is 1. The summed E-state index contributed by atoms with van der Waals surface area (Å²) in [5, 5.41) is 20.4. The van der Waals surface area contributed by atoms with Gasteiger partial charge in [-0.2, -0.15) is 12.6 Å². The van der Waals surface area contributed by atoms with Crippen LogP contribution in [0.1, 0.15) is 57.2 Å². The zero-order valence-corrected chi connectivity index (χ0v) is 31.5. The lowest BCUT2D eigenvalue weighted by molar-refractivity contribution is -0.149. The summed E-state index contributed by atoms with van der Waals surface area (Å²) in [5.74, 6) is -4.76. The van der Waals surface area contributed by atoms with Gasteiger partial charge < -0.3 is 53.5 Å². The third-order valence-corrected chi connectivity index (χ3v) is 9.15. The number of carboxylic acid groups (broad SMARTS) is 1. The number of aromatic amines is 1. The fourth-order valence-corrected chi connectivity index (χ4v) is 6.29. The van der Waals surface area contributed by atoms with Crippen LogP contribution in [-0.4, -0.2) is 117 Å². The van der Waals surface area contributed by atoms with Crippen LogP contribution in [-0.2, 0) is 41.6 Å². The molecule has 18 nitrogen and oxygen atoms in total. The van der Waals surface area contributed by atoms with Crippen LogP contribution in [0.2, 0.25) is 0 Å². The second-order valence-corrected chi connectivity index (χ2v) is 14.0. The third kappa shape index (κ3) is 13.7. The molecule has 3 rings (SSSR count). The maximum absolute atomic E-state index is 13.9. The molecule has 1 aromatic carbocycles. The van der Waals surface area contributed by atoms with Crippen LogP contribution in [0.3, 0.4) is 0 Å². The number of aromatic nitrogens is 2. The van der Waals surface area contributed by atoms with Crippen molar-refractivity contribution in [1.82, 2.24) is 36.1 Å². The van der Waals surface area contributed by atoms with Gasteiger partial charge in [-0.15, -0.1) is 0 Å². The number of amides is 5. The average molecular weight is 772 g/mol. The van der Waals surface area contributed by atoms with Gasteiger partial charge in [-0.25, -0.2) is 9.78 Å². The Hall–Kier alpha value is -5.17. The molecule has 19 heteroatoms. The van der Waals surface area contributed by atoms with E-state index in [1.54, 1.807) is 0 Å². The molecule has 54 heavy (non-hydrogen) atoms. The number of H-pyrrole nitrogens is 1. The molecule has 0 unspecified atom stereocenters. The summed E-state index contributed by atoms with van der Waals surface area (Å²) in [6, 6.07) is 2.47. The Morgan fingerprint density at radius 2 is 1.57 bits per heavy atom. The molecule has 5 amide bonds. The Morgan fingerprint density at radius 1 is 0.944 bits per heavy atom. The molecule has 2 heterocycles. The molecular formula is C35H53N11O7S. The summed E-state index contributed by atoms with van der Waals surface area (Å²) in [7, 11) is 0. The number of carbonyl (C=O) groups excluding carboxylic acids is 5. The minimum absolute atomic E-state index is 0.00886. The number of hydrogen-bond acceptors (Lipinski definition) is 10. The topological polar surface area (TPSA) is 293 Å². The summed E-state index contributed by atoms with van der Waals surface area (Å²) in [6.45, 7) is 4.05. The van der Waals surface area contributed by atoms with Gasteiger partial charge >= 0.3 is 5.97 Å². The number of imidazole rings is 1. The van der Waals surface area contributed by atoms with Gasteiger partial charge in [-0.05, 0) is 50.0 Å². The van der Waals surface area contributed by atoms with E-state index in [0.717, 1.165) is 5.56 Å². The molecule has 6 atom stereocenters. The Balaban J connectivity index is 1.78. The number of benzene rings is 1. The molecule has 0 bridgehead atoms. The molecule has 12 N–H and O–H groups in total. The van der Waals surface area contributed by atoms with Crippen LogP contribution >= 0.6 is 12.6 Å². The Bertz CT molecular complexity index is 1590. The van der Waals surface area contributed by atoms with Gasteiger partial charge in [0, 0.05) is 37.2 Å². The number of likely N-dealkylation sites (tertiary alicyclic amines) is 1. The predicted molar refractivity (Wildman–Crippen MR) is 204 cm³/mol. The number of nitrogens with zero attached hydrogens (tertiary/aromatic N) is 3. The zero-order valence-electron chi connectivity index (χ0n) is 30.6. The van der Waals surface area contributed by atoms with Crippen LogP contribution < -0.4 is 38.5 Å². The van der Waals surface area contributed by atoms with E-state index in [1.807, 2.05) is 44.2 Å². The monoisotopic (exact) mass is 771 g/mol. The normalized spacial score (nSPS) is 16.7. The number of guanidine groups is 1. The van der Waals surface area contributed by atoms with Crippen molar-refractivity contribution in [2.75, 3.05) is 18.8 Å². The second kappa shape index (κ2) is 21.5. The first-order chi connectivity index (χ1) is 25.7. The summed E-state index contributed by atoms with van der Waals surface area (Å²) in [5.41, 5.74) is 18.4. The lowest BCUT2D eigenvalue weighted by Crippen LogP contribution is -2.60. The van der Waals surface area contributed by atoms with Crippen molar-refractivity contribution in [2.24, 2.45) is 28.1 Å². The van der Waals surface area contributed by atoms with E-state index in [4.69, 9.17) is 17.2 Å².